The van der Waals surface area contributed by atoms with Crippen LogP contribution in [0.3, 0.4) is 0 Å². The van der Waals surface area contributed by atoms with Crippen LogP contribution < -0.4 is 15.4 Å². The molecular formula is C22H16F3N5O2. The molecule has 0 atom stereocenters. The summed E-state index contributed by atoms with van der Waals surface area (Å²) in [6.07, 6.45) is -1.37. The van der Waals surface area contributed by atoms with Gasteiger partial charge in [0, 0.05) is 23.0 Å². The van der Waals surface area contributed by atoms with Crippen LogP contribution in [0.1, 0.15) is 15.9 Å². The lowest BCUT2D eigenvalue weighted by molar-refractivity contribution is -0.137. The fourth-order valence-electron chi connectivity index (χ4n) is 3.74. The third kappa shape index (κ3) is 3.29. The van der Waals surface area contributed by atoms with Crippen molar-refractivity contribution in [2.45, 2.75) is 6.18 Å². The highest BCUT2D eigenvalue weighted by atomic mass is 19.4. The van der Waals surface area contributed by atoms with Crippen LogP contribution in [0.5, 0.6) is 5.88 Å². The van der Waals surface area contributed by atoms with Gasteiger partial charge in [-0.15, -0.1) is 0 Å². The number of alkyl halides is 3. The van der Waals surface area contributed by atoms with E-state index in [0.29, 0.717) is 17.9 Å². The number of rotatable bonds is 2. The first kappa shape index (κ1) is 19.9. The Morgan fingerprint density at radius 1 is 1.00 bits per heavy atom. The number of benzene rings is 2. The van der Waals surface area contributed by atoms with Crippen LogP contribution >= 0.6 is 0 Å². The van der Waals surface area contributed by atoms with Gasteiger partial charge >= 0.3 is 6.18 Å². The van der Waals surface area contributed by atoms with E-state index in [2.05, 4.69) is 9.97 Å². The summed E-state index contributed by atoms with van der Waals surface area (Å²) >= 11 is 0. The van der Waals surface area contributed by atoms with Gasteiger partial charge < -0.3 is 19.9 Å². The third-order valence-corrected chi connectivity index (χ3v) is 5.31. The molecule has 0 fully saturated rings. The molecule has 2 aromatic heterocycles. The van der Waals surface area contributed by atoms with E-state index in [-0.39, 0.29) is 29.8 Å². The van der Waals surface area contributed by atoms with Gasteiger partial charge in [-0.05, 0) is 48.5 Å². The van der Waals surface area contributed by atoms with E-state index in [4.69, 9.17) is 10.5 Å². The number of nitrogens with zero attached hydrogens (tertiary/aromatic N) is 4. The lowest BCUT2D eigenvalue weighted by Crippen LogP contribution is -2.32. The second-order valence-corrected chi connectivity index (χ2v) is 7.22. The zero-order valence-corrected chi connectivity index (χ0v) is 16.5. The number of hydrogen-bond acceptors (Lipinski definition) is 5. The second-order valence-electron chi connectivity index (χ2n) is 7.22. The van der Waals surface area contributed by atoms with Crippen LogP contribution in [-0.4, -0.2) is 33.6 Å². The Hall–Kier alpha value is -4.08. The maximum atomic E-state index is 13.1. The molecule has 0 unspecified atom stereocenters. The van der Waals surface area contributed by atoms with Gasteiger partial charge in [0.2, 0.25) is 5.88 Å². The average Bonchev–Trinajstić information content (AvgIpc) is 3.11. The maximum Gasteiger partial charge on any atom is 0.416 e. The molecular weight excluding hydrogens is 423 g/mol. The molecule has 0 bridgehead atoms. The number of amides is 1. The number of nitrogens with two attached hydrogens (primary N) is 1. The molecule has 2 N–H and O–H groups in total. The van der Waals surface area contributed by atoms with Gasteiger partial charge in [-0.1, -0.05) is 0 Å². The van der Waals surface area contributed by atoms with E-state index in [0.717, 1.165) is 23.0 Å². The highest BCUT2D eigenvalue weighted by molar-refractivity contribution is 6.11. The molecule has 4 aromatic rings. The van der Waals surface area contributed by atoms with Gasteiger partial charge in [0.25, 0.3) is 5.91 Å². The summed E-state index contributed by atoms with van der Waals surface area (Å²) in [5.41, 5.74) is 7.31. The maximum absolute atomic E-state index is 13.1. The summed E-state index contributed by atoms with van der Waals surface area (Å²) in [5, 5.41) is 0.817. The van der Waals surface area contributed by atoms with Crippen molar-refractivity contribution < 1.29 is 22.7 Å². The summed E-state index contributed by atoms with van der Waals surface area (Å²) < 4.78 is 45.9. The van der Waals surface area contributed by atoms with Gasteiger partial charge in [-0.25, -0.2) is 9.97 Å². The lowest BCUT2D eigenvalue weighted by Gasteiger charge is -2.20. The minimum atomic E-state index is -4.39. The predicted octanol–water partition coefficient (Wildman–Crippen LogP) is 4.06. The SMILES string of the molecule is Nc1ncnc2c1C(=O)N(c1ccc3c(ccn3-c3ccc(C(F)(F)F)cc3)c1)CCO2. The quantitative estimate of drug-likeness (QED) is 0.509. The Morgan fingerprint density at radius 2 is 1.75 bits per heavy atom. The van der Waals surface area contributed by atoms with Crippen molar-refractivity contribution >= 4 is 28.3 Å². The third-order valence-electron chi connectivity index (χ3n) is 5.31. The number of fused-ring (bicyclic) bond motifs is 2. The van der Waals surface area contributed by atoms with E-state index in [9.17, 15) is 18.0 Å². The van der Waals surface area contributed by atoms with Gasteiger partial charge in [-0.3, -0.25) is 4.79 Å². The number of hydrogen-bond donors (Lipinski definition) is 1. The standard InChI is InChI=1S/C22H16F3N5O2/c23-22(24,25)14-1-3-15(4-2-14)29-8-7-13-11-16(5-6-17(13)29)30-9-10-32-20-18(21(30)31)19(26)27-12-28-20/h1-8,11-12H,9-10H2,(H2,26,27,28). The number of anilines is 2. The van der Waals surface area contributed by atoms with Crippen LogP contribution in [0.4, 0.5) is 24.7 Å². The summed E-state index contributed by atoms with van der Waals surface area (Å²) in [6.45, 7) is 0.527. The number of carbonyl (C=O) groups excluding carboxylic acids is 1. The molecule has 3 heterocycles. The molecule has 1 amide bonds. The molecule has 2 aromatic carbocycles. The normalized spacial score (nSPS) is 14.2. The van der Waals surface area contributed by atoms with Crippen molar-refractivity contribution in [1.82, 2.24) is 14.5 Å². The average molecular weight is 439 g/mol. The van der Waals surface area contributed by atoms with Crippen molar-refractivity contribution in [3.8, 4) is 11.6 Å². The number of nitrogen functional groups attached to an aromatic ring is 1. The van der Waals surface area contributed by atoms with E-state index in [1.807, 2.05) is 18.2 Å². The van der Waals surface area contributed by atoms with Crippen LogP contribution in [0.15, 0.2) is 61.1 Å². The molecule has 0 spiro atoms. The summed E-state index contributed by atoms with van der Waals surface area (Å²) in [4.78, 5) is 22.5. The van der Waals surface area contributed by atoms with Gasteiger partial charge in [0.15, 0.2) is 0 Å². The zero-order chi connectivity index (χ0) is 22.5. The predicted molar refractivity (Wildman–Crippen MR) is 112 cm³/mol. The molecule has 162 valence electrons. The second kappa shape index (κ2) is 7.26. The Morgan fingerprint density at radius 3 is 2.50 bits per heavy atom. The fourth-order valence-corrected chi connectivity index (χ4v) is 3.74. The van der Waals surface area contributed by atoms with Crippen LogP contribution in [0.25, 0.3) is 16.6 Å². The molecule has 1 aliphatic rings. The first-order chi connectivity index (χ1) is 15.3. The van der Waals surface area contributed by atoms with Crippen molar-refractivity contribution in [3.05, 3.63) is 72.2 Å². The summed E-state index contributed by atoms with van der Waals surface area (Å²) in [7, 11) is 0. The monoisotopic (exact) mass is 439 g/mol. The Labute approximate surface area is 179 Å². The van der Waals surface area contributed by atoms with E-state index < -0.39 is 11.7 Å². The molecule has 7 nitrogen and oxygen atoms in total. The van der Waals surface area contributed by atoms with Crippen LogP contribution in [0.2, 0.25) is 0 Å². The smallest absolute Gasteiger partial charge is 0.416 e. The number of halogens is 3. The first-order valence-electron chi connectivity index (χ1n) is 9.67. The minimum absolute atomic E-state index is 0.0430. The zero-order valence-electron chi connectivity index (χ0n) is 16.5. The Bertz CT molecular complexity index is 1330. The lowest BCUT2D eigenvalue weighted by atomic mass is 10.1. The molecule has 1 aliphatic heterocycles. The summed E-state index contributed by atoms with van der Waals surface area (Å²) in [5.74, 6) is -0.168. The number of carbonyl (C=O) groups is 1. The van der Waals surface area contributed by atoms with Crippen molar-refractivity contribution in [1.29, 1.82) is 0 Å². The van der Waals surface area contributed by atoms with Crippen molar-refractivity contribution in [2.24, 2.45) is 0 Å². The van der Waals surface area contributed by atoms with Crippen molar-refractivity contribution in [3.63, 3.8) is 0 Å². The van der Waals surface area contributed by atoms with Crippen molar-refractivity contribution in [2.75, 3.05) is 23.8 Å². The number of ether oxygens (including phenoxy) is 1. The molecule has 5 rings (SSSR count). The topological polar surface area (TPSA) is 86.3 Å². The first-order valence-corrected chi connectivity index (χ1v) is 9.67. The van der Waals surface area contributed by atoms with Gasteiger partial charge in [-0.2, -0.15) is 13.2 Å². The Kier molecular flexibility index (Phi) is 4.50. The summed E-state index contributed by atoms with van der Waals surface area (Å²) in [6, 6.07) is 12.2. The molecule has 0 radical (unpaired) electrons. The van der Waals surface area contributed by atoms with E-state index >= 15 is 0 Å². The molecule has 0 saturated heterocycles. The molecule has 0 saturated carbocycles. The molecule has 10 heteroatoms. The van der Waals surface area contributed by atoms with Gasteiger partial charge in [0.1, 0.15) is 24.3 Å². The minimum Gasteiger partial charge on any atom is -0.475 e. The Balaban J connectivity index is 1.50. The highest BCUT2D eigenvalue weighted by Crippen LogP contribution is 2.32. The van der Waals surface area contributed by atoms with Crippen LogP contribution in [-0.2, 0) is 6.18 Å². The van der Waals surface area contributed by atoms with E-state index in [1.54, 1.807) is 21.7 Å². The highest BCUT2D eigenvalue weighted by Gasteiger charge is 2.30. The van der Waals surface area contributed by atoms with Crippen LogP contribution in [0, 0.1) is 0 Å². The molecule has 0 aliphatic carbocycles. The van der Waals surface area contributed by atoms with Gasteiger partial charge in [0.05, 0.1) is 17.6 Å². The number of aromatic nitrogens is 3. The van der Waals surface area contributed by atoms with E-state index in [1.165, 1.54) is 18.5 Å². The molecule has 32 heavy (non-hydrogen) atoms. The fraction of sp³-hybridized carbons (Fsp3) is 0.136. The largest absolute Gasteiger partial charge is 0.475 e.